The molecule has 0 aromatic heterocycles. The fourth-order valence-corrected chi connectivity index (χ4v) is 0. The fourth-order valence-electron chi connectivity index (χ4n) is 0. The van der Waals surface area contributed by atoms with Crippen molar-refractivity contribution >= 4 is 0 Å². The zero-order valence-electron chi connectivity index (χ0n) is 3.41. The van der Waals surface area contributed by atoms with E-state index in [0.717, 1.165) is 6.92 Å². The summed E-state index contributed by atoms with van der Waals surface area (Å²) in [6.45, 7) is -0.583. The van der Waals surface area contributed by atoms with Crippen molar-refractivity contribution in [1.82, 2.24) is 0 Å². The monoisotopic (exact) mass is 96.0 g/mol. The molecule has 0 bridgehead atoms. The van der Waals surface area contributed by atoms with Crippen LogP contribution in [0.2, 0.25) is 0 Å². The topological polar surface area (TPSA) is 20.2 Å². The summed E-state index contributed by atoms with van der Waals surface area (Å²) < 4.78 is 22.2. The van der Waals surface area contributed by atoms with E-state index in [2.05, 4.69) is 0 Å². The number of hydrogen-bond donors (Lipinski definition) is 1. The quantitative estimate of drug-likeness (QED) is 0.507. The van der Waals surface area contributed by atoms with E-state index in [-0.39, 0.29) is 0 Å². The zero-order chi connectivity index (χ0) is 5.21. The molecule has 1 nitrogen and oxygen atoms in total. The molecule has 0 spiro atoms. The summed E-state index contributed by atoms with van der Waals surface area (Å²) in [6.07, 6.45) is 0. The van der Waals surface area contributed by atoms with Crippen LogP contribution in [0.3, 0.4) is 0 Å². The third-order valence-corrected chi connectivity index (χ3v) is 0.244. The van der Waals surface area contributed by atoms with Crippen molar-refractivity contribution in [2.24, 2.45) is 0 Å². The summed E-state index contributed by atoms with van der Waals surface area (Å²) in [5, 5.41) is 7.78. The van der Waals surface area contributed by atoms with Gasteiger partial charge in [-0.25, -0.2) is 8.78 Å². The van der Waals surface area contributed by atoms with Crippen molar-refractivity contribution < 1.29 is 13.9 Å². The first-order chi connectivity index (χ1) is 2.56. The molecule has 0 saturated heterocycles. The predicted molar refractivity (Wildman–Crippen MR) is 17.7 cm³/mol. The summed E-state index contributed by atoms with van der Waals surface area (Å²) >= 11 is 0. The Bertz CT molecular complexity index is 38.5. The van der Waals surface area contributed by atoms with E-state index in [9.17, 15) is 8.78 Å². The van der Waals surface area contributed by atoms with Gasteiger partial charge in [0.1, 0.15) is 6.67 Å². The van der Waals surface area contributed by atoms with Gasteiger partial charge in [0, 0.05) is 0 Å². The van der Waals surface area contributed by atoms with Crippen LogP contribution in [0.1, 0.15) is 6.92 Å². The van der Waals surface area contributed by atoms with Gasteiger partial charge in [0.05, 0.1) is 0 Å². The predicted octanol–water partition coefficient (Wildman–Crippen LogP) is 0.634. The van der Waals surface area contributed by atoms with Crippen molar-refractivity contribution in [3.05, 3.63) is 0 Å². The van der Waals surface area contributed by atoms with Gasteiger partial charge in [-0.15, -0.1) is 0 Å². The van der Waals surface area contributed by atoms with Crippen molar-refractivity contribution in [2.75, 3.05) is 6.67 Å². The Morgan fingerprint density at radius 1 is 1.83 bits per heavy atom. The second-order valence-corrected chi connectivity index (χ2v) is 1.28. The maximum atomic E-state index is 11.3. The van der Waals surface area contributed by atoms with Crippen LogP contribution in [0, 0.1) is 0 Å². The summed E-state index contributed by atoms with van der Waals surface area (Å²) in [5.41, 5.74) is 0. The maximum Gasteiger partial charge on any atom is 0.232 e. The van der Waals surface area contributed by atoms with E-state index in [4.69, 9.17) is 5.11 Å². The lowest BCUT2D eigenvalue weighted by atomic mass is 10.4. The summed E-state index contributed by atoms with van der Waals surface area (Å²) in [4.78, 5) is 0. The average molecular weight is 96.1 g/mol. The van der Waals surface area contributed by atoms with E-state index in [1.54, 1.807) is 0 Å². The van der Waals surface area contributed by atoms with Crippen LogP contribution < -0.4 is 0 Å². The Balaban J connectivity index is 3.17. The molecule has 0 aromatic carbocycles. The zero-order valence-corrected chi connectivity index (χ0v) is 3.41. The van der Waals surface area contributed by atoms with Crippen molar-refractivity contribution in [3.63, 3.8) is 0 Å². The molecule has 1 N–H and O–H groups in total. The van der Waals surface area contributed by atoms with Gasteiger partial charge in [-0.2, -0.15) is 0 Å². The van der Waals surface area contributed by atoms with Crippen molar-refractivity contribution in [3.8, 4) is 0 Å². The molecule has 0 aliphatic heterocycles. The molecule has 0 fully saturated rings. The minimum Gasteiger partial charge on any atom is -0.360 e. The van der Waals surface area contributed by atoms with Gasteiger partial charge in [0.2, 0.25) is 5.85 Å². The van der Waals surface area contributed by atoms with Gasteiger partial charge in [-0.1, -0.05) is 0 Å². The van der Waals surface area contributed by atoms with Gasteiger partial charge in [0.25, 0.3) is 0 Å². The minimum atomic E-state index is -2.62. The molecular weight excluding hydrogens is 90.0 g/mol. The highest BCUT2D eigenvalue weighted by Crippen LogP contribution is 2.02. The van der Waals surface area contributed by atoms with Gasteiger partial charge in [-0.05, 0) is 6.92 Å². The molecule has 0 aromatic rings. The molecular formula is C3H6F2O. The van der Waals surface area contributed by atoms with Crippen LogP contribution in [0.15, 0.2) is 0 Å². The van der Waals surface area contributed by atoms with Crippen molar-refractivity contribution in [2.45, 2.75) is 12.8 Å². The molecule has 6 heavy (non-hydrogen) atoms. The van der Waals surface area contributed by atoms with Crippen LogP contribution >= 0.6 is 0 Å². The number of alkyl halides is 2. The largest absolute Gasteiger partial charge is 0.360 e. The molecule has 0 radical (unpaired) electrons. The van der Waals surface area contributed by atoms with Gasteiger partial charge in [-0.3, -0.25) is 0 Å². The van der Waals surface area contributed by atoms with E-state index >= 15 is 0 Å². The molecule has 3 heteroatoms. The van der Waals surface area contributed by atoms with Crippen LogP contribution in [-0.4, -0.2) is 17.6 Å². The molecule has 38 valence electrons. The van der Waals surface area contributed by atoms with Gasteiger partial charge >= 0.3 is 0 Å². The number of aliphatic hydroxyl groups is 1. The fraction of sp³-hybridized carbons (Fsp3) is 1.00. The molecule has 0 heterocycles. The van der Waals surface area contributed by atoms with E-state index in [0.29, 0.717) is 0 Å². The average Bonchev–Trinajstić information content (AvgIpc) is 1.35. The molecule has 0 amide bonds. The molecule has 0 rings (SSSR count). The third kappa shape index (κ3) is 3.82. The van der Waals surface area contributed by atoms with Crippen LogP contribution in [-0.2, 0) is 0 Å². The molecule has 0 aliphatic rings. The van der Waals surface area contributed by atoms with Crippen LogP contribution in [0.5, 0.6) is 0 Å². The summed E-state index contributed by atoms with van der Waals surface area (Å²) in [5.74, 6) is -2.62. The third-order valence-electron chi connectivity index (χ3n) is 0.244. The number of halogens is 2. The minimum absolute atomic E-state index is 0.757. The summed E-state index contributed by atoms with van der Waals surface area (Å²) in [6, 6.07) is 0. The lowest BCUT2D eigenvalue weighted by molar-refractivity contribution is -0.0863. The second-order valence-electron chi connectivity index (χ2n) is 1.28. The molecule has 1 atom stereocenters. The molecule has 0 aliphatic carbocycles. The number of rotatable bonds is 1. The van der Waals surface area contributed by atoms with E-state index in [1.165, 1.54) is 0 Å². The normalized spacial score (nSPS) is 20.0. The molecule has 1 unspecified atom stereocenters. The van der Waals surface area contributed by atoms with Crippen LogP contribution in [0.25, 0.3) is 0 Å². The smallest absolute Gasteiger partial charge is 0.232 e. The highest BCUT2D eigenvalue weighted by molar-refractivity contribution is 4.49. The van der Waals surface area contributed by atoms with Gasteiger partial charge < -0.3 is 5.11 Å². The highest BCUT2D eigenvalue weighted by atomic mass is 19.2. The van der Waals surface area contributed by atoms with E-state index in [1.807, 2.05) is 0 Å². The first kappa shape index (κ1) is 5.82. The first-order valence-electron chi connectivity index (χ1n) is 1.53. The van der Waals surface area contributed by atoms with E-state index < -0.39 is 12.5 Å². The lowest BCUT2D eigenvalue weighted by Crippen LogP contribution is -2.18. The van der Waals surface area contributed by atoms with Gasteiger partial charge in [0.15, 0.2) is 0 Å². The Labute approximate surface area is 34.6 Å². The summed E-state index contributed by atoms with van der Waals surface area (Å²) in [7, 11) is 0. The standard InChI is InChI=1S/C3H6F2O/c1-3(5,6)2-4/h6H,2H2,1H3. The Morgan fingerprint density at radius 2 is 2.00 bits per heavy atom. The van der Waals surface area contributed by atoms with Crippen molar-refractivity contribution in [1.29, 1.82) is 0 Å². The first-order valence-corrected chi connectivity index (χ1v) is 1.53. The SMILES string of the molecule is CC(O)(F)CF. The highest BCUT2D eigenvalue weighted by Gasteiger charge is 2.15. The Kier molecular flexibility index (Phi) is 1.47. The second kappa shape index (κ2) is 1.51. The molecule has 0 saturated carbocycles. The number of hydrogen-bond acceptors (Lipinski definition) is 1. The maximum absolute atomic E-state index is 11.3. The Morgan fingerprint density at radius 3 is 2.00 bits per heavy atom. The van der Waals surface area contributed by atoms with Crippen LogP contribution in [0.4, 0.5) is 8.78 Å². The Hall–Kier alpha value is -0.180. The lowest BCUT2D eigenvalue weighted by Gasteiger charge is -2.03.